The average Bonchev–Trinajstić information content (AvgIpc) is 2.84. The van der Waals surface area contributed by atoms with Crippen LogP contribution in [-0.4, -0.2) is 11.1 Å². The van der Waals surface area contributed by atoms with Crippen LogP contribution >= 0.6 is 27.3 Å². The molecule has 0 unspecified atom stereocenters. The van der Waals surface area contributed by atoms with Gasteiger partial charge in [0.25, 0.3) is 5.91 Å². The Hall–Kier alpha value is -1.14. The molecule has 4 nitrogen and oxygen atoms in total. The number of halogens is 1. The van der Waals surface area contributed by atoms with Crippen molar-refractivity contribution in [1.82, 2.24) is 10.5 Å². The third kappa shape index (κ3) is 2.45. The minimum atomic E-state index is -0.117. The summed E-state index contributed by atoms with van der Waals surface area (Å²) in [7, 11) is 0. The summed E-state index contributed by atoms with van der Waals surface area (Å²) in [6.07, 6.45) is 1.54. The number of nitrogens with one attached hydrogen (secondary N) is 1. The highest BCUT2D eigenvalue weighted by atomic mass is 79.9. The van der Waals surface area contributed by atoms with Crippen molar-refractivity contribution < 1.29 is 9.32 Å². The topological polar surface area (TPSA) is 55.1 Å². The Balaban J connectivity index is 1.96. The zero-order valence-electron chi connectivity index (χ0n) is 7.57. The molecule has 0 saturated carbocycles. The van der Waals surface area contributed by atoms with Gasteiger partial charge in [-0.3, -0.25) is 4.79 Å². The van der Waals surface area contributed by atoms with Gasteiger partial charge in [-0.1, -0.05) is 5.16 Å². The molecule has 2 rings (SSSR count). The highest BCUT2D eigenvalue weighted by Gasteiger charge is 2.11. The molecule has 0 aromatic carbocycles. The molecule has 0 fully saturated rings. The molecule has 0 atom stereocenters. The molecule has 0 saturated heterocycles. The molecule has 6 heteroatoms. The van der Waals surface area contributed by atoms with Gasteiger partial charge in [0, 0.05) is 10.5 Å². The summed E-state index contributed by atoms with van der Waals surface area (Å²) in [5.74, 6) is 0.518. The molecule has 1 amide bonds. The monoisotopic (exact) mass is 286 g/mol. The van der Waals surface area contributed by atoms with Crippen molar-refractivity contribution in [3.8, 4) is 0 Å². The molecule has 1 N–H and O–H groups in total. The number of carbonyl (C=O) groups is 1. The van der Waals surface area contributed by atoms with E-state index in [9.17, 15) is 4.79 Å². The van der Waals surface area contributed by atoms with Crippen molar-refractivity contribution >= 4 is 33.2 Å². The summed E-state index contributed by atoms with van der Waals surface area (Å²) in [5, 5.41) is 8.14. The molecule has 0 aliphatic carbocycles. The normalized spacial score (nSPS) is 10.2. The van der Waals surface area contributed by atoms with Crippen LogP contribution in [0.2, 0.25) is 0 Å². The fourth-order valence-corrected chi connectivity index (χ4v) is 2.50. The summed E-state index contributed by atoms with van der Waals surface area (Å²) in [5.41, 5.74) is 0. The lowest BCUT2D eigenvalue weighted by Gasteiger charge is -2.00. The van der Waals surface area contributed by atoms with Gasteiger partial charge < -0.3 is 9.84 Å². The minimum absolute atomic E-state index is 0.117. The molecule has 0 radical (unpaired) electrons. The highest BCUT2D eigenvalue weighted by molar-refractivity contribution is 9.10. The predicted molar refractivity (Wildman–Crippen MR) is 59.7 cm³/mol. The summed E-state index contributed by atoms with van der Waals surface area (Å²) < 4.78 is 5.67. The maximum absolute atomic E-state index is 11.6. The van der Waals surface area contributed by atoms with E-state index in [1.54, 1.807) is 12.3 Å². The molecule has 0 aliphatic heterocycles. The van der Waals surface area contributed by atoms with Crippen LogP contribution in [-0.2, 0) is 6.54 Å². The van der Waals surface area contributed by atoms with Crippen molar-refractivity contribution in [1.29, 1.82) is 0 Å². The molecule has 0 bridgehead atoms. The lowest BCUT2D eigenvalue weighted by Crippen LogP contribution is -2.21. The molecule has 15 heavy (non-hydrogen) atoms. The maximum Gasteiger partial charge on any atom is 0.262 e. The first-order valence-electron chi connectivity index (χ1n) is 4.18. The van der Waals surface area contributed by atoms with Gasteiger partial charge in [0.1, 0.15) is 4.88 Å². The van der Waals surface area contributed by atoms with Gasteiger partial charge in [0.2, 0.25) is 0 Å². The van der Waals surface area contributed by atoms with E-state index < -0.39 is 0 Å². The Labute approximate surface area is 98.4 Å². The van der Waals surface area contributed by atoms with E-state index in [2.05, 4.69) is 26.4 Å². The Bertz CT molecular complexity index is 452. The minimum Gasteiger partial charge on any atom is -0.360 e. The average molecular weight is 287 g/mol. The third-order valence-corrected chi connectivity index (χ3v) is 3.57. The number of amides is 1. The smallest absolute Gasteiger partial charge is 0.262 e. The number of rotatable bonds is 3. The van der Waals surface area contributed by atoms with Crippen LogP contribution in [0.5, 0.6) is 0 Å². The molecule has 2 heterocycles. The van der Waals surface area contributed by atoms with Crippen molar-refractivity contribution in [2.24, 2.45) is 0 Å². The van der Waals surface area contributed by atoms with Crippen LogP contribution in [0.3, 0.4) is 0 Å². The SMILES string of the molecule is O=C(NCc1ccno1)c1sccc1Br. The van der Waals surface area contributed by atoms with E-state index in [-0.39, 0.29) is 5.91 Å². The number of carbonyl (C=O) groups excluding carboxylic acids is 1. The van der Waals surface area contributed by atoms with Crippen LogP contribution in [0.4, 0.5) is 0 Å². The van der Waals surface area contributed by atoms with Gasteiger partial charge in [0.15, 0.2) is 5.76 Å². The largest absolute Gasteiger partial charge is 0.360 e. The van der Waals surface area contributed by atoms with Crippen molar-refractivity contribution in [3.63, 3.8) is 0 Å². The first-order valence-corrected chi connectivity index (χ1v) is 5.85. The fourth-order valence-electron chi connectivity index (χ4n) is 1.04. The summed E-state index contributed by atoms with van der Waals surface area (Å²) >= 11 is 4.69. The van der Waals surface area contributed by atoms with Crippen molar-refractivity contribution in [2.45, 2.75) is 6.54 Å². The maximum atomic E-state index is 11.6. The van der Waals surface area contributed by atoms with Gasteiger partial charge in [-0.2, -0.15) is 0 Å². The van der Waals surface area contributed by atoms with Crippen LogP contribution < -0.4 is 5.32 Å². The lowest BCUT2D eigenvalue weighted by atomic mass is 10.4. The summed E-state index contributed by atoms with van der Waals surface area (Å²) in [6, 6.07) is 3.55. The lowest BCUT2D eigenvalue weighted by molar-refractivity contribution is 0.0950. The molecular formula is C9H7BrN2O2S. The predicted octanol–water partition coefficient (Wildman–Crippen LogP) is 2.43. The number of thiophene rings is 1. The van der Waals surface area contributed by atoms with E-state index in [1.165, 1.54) is 11.3 Å². The number of hydrogen-bond donors (Lipinski definition) is 1. The van der Waals surface area contributed by atoms with Crippen LogP contribution in [0, 0.1) is 0 Å². The molecule has 2 aromatic heterocycles. The molecular weight excluding hydrogens is 280 g/mol. The van der Waals surface area contributed by atoms with E-state index in [0.717, 1.165) is 4.47 Å². The first-order chi connectivity index (χ1) is 7.27. The summed E-state index contributed by atoms with van der Waals surface area (Å²) in [6.45, 7) is 0.350. The molecule has 0 aliphatic rings. The van der Waals surface area contributed by atoms with Gasteiger partial charge in [-0.05, 0) is 27.4 Å². The van der Waals surface area contributed by atoms with Crippen LogP contribution in [0.1, 0.15) is 15.4 Å². The second-order valence-electron chi connectivity index (χ2n) is 2.76. The van der Waals surface area contributed by atoms with E-state index in [0.29, 0.717) is 17.2 Å². The second kappa shape index (κ2) is 4.59. The zero-order chi connectivity index (χ0) is 10.7. The van der Waals surface area contributed by atoms with Crippen LogP contribution in [0.25, 0.3) is 0 Å². The van der Waals surface area contributed by atoms with Crippen LogP contribution in [0.15, 0.2) is 32.7 Å². The van der Waals surface area contributed by atoms with Gasteiger partial charge >= 0.3 is 0 Å². The van der Waals surface area contributed by atoms with Crippen molar-refractivity contribution in [3.05, 3.63) is 38.8 Å². The third-order valence-electron chi connectivity index (χ3n) is 1.74. The van der Waals surface area contributed by atoms with Gasteiger partial charge in [-0.25, -0.2) is 0 Å². The van der Waals surface area contributed by atoms with Gasteiger partial charge in [0.05, 0.1) is 12.7 Å². The Morgan fingerprint density at radius 1 is 1.60 bits per heavy atom. The Morgan fingerprint density at radius 2 is 2.47 bits per heavy atom. The second-order valence-corrected chi connectivity index (χ2v) is 4.53. The summed E-state index contributed by atoms with van der Waals surface area (Å²) in [4.78, 5) is 12.3. The molecule has 78 valence electrons. The number of aromatic nitrogens is 1. The number of hydrogen-bond acceptors (Lipinski definition) is 4. The van der Waals surface area contributed by atoms with E-state index in [4.69, 9.17) is 4.52 Å². The zero-order valence-corrected chi connectivity index (χ0v) is 9.97. The van der Waals surface area contributed by atoms with E-state index in [1.807, 2.05) is 11.4 Å². The first kappa shape index (κ1) is 10.4. The molecule has 0 spiro atoms. The fraction of sp³-hybridized carbons (Fsp3) is 0.111. The Morgan fingerprint density at radius 3 is 3.07 bits per heavy atom. The quantitative estimate of drug-likeness (QED) is 0.943. The standard InChI is InChI=1S/C9H7BrN2O2S/c10-7-2-4-15-8(7)9(13)11-5-6-1-3-12-14-6/h1-4H,5H2,(H,11,13). The van der Waals surface area contributed by atoms with Crippen molar-refractivity contribution in [2.75, 3.05) is 0 Å². The van der Waals surface area contributed by atoms with Gasteiger partial charge in [-0.15, -0.1) is 11.3 Å². The number of nitrogens with zero attached hydrogens (tertiary/aromatic N) is 1. The highest BCUT2D eigenvalue weighted by Crippen LogP contribution is 2.22. The van der Waals surface area contributed by atoms with E-state index >= 15 is 0 Å². The molecule has 2 aromatic rings. The Kier molecular flexibility index (Phi) is 3.17.